The smallest absolute Gasteiger partial charge is 0.357 e. The highest BCUT2D eigenvalue weighted by atomic mass is 16.5. The molecule has 1 fully saturated rings. The van der Waals surface area contributed by atoms with Crippen molar-refractivity contribution < 1.29 is 14.3 Å². The Morgan fingerprint density at radius 2 is 2.00 bits per heavy atom. The molecule has 7 heteroatoms. The first-order valence-electron chi connectivity index (χ1n) is 10.4. The SMILES string of the molecule is CCCCOC(=O)c1cc(C#Cc2ccccc2)nc(NCCN2CCOCC2)n1. The molecule has 0 aliphatic carbocycles. The number of benzene rings is 1. The van der Waals surface area contributed by atoms with E-state index < -0.39 is 5.97 Å². The first kappa shape index (κ1) is 21.8. The Kier molecular flexibility index (Phi) is 8.63. The van der Waals surface area contributed by atoms with Gasteiger partial charge in [0.15, 0.2) is 5.69 Å². The molecule has 2 aromatic rings. The topological polar surface area (TPSA) is 76.6 Å². The van der Waals surface area contributed by atoms with Crippen LogP contribution >= 0.6 is 0 Å². The molecule has 1 saturated heterocycles. The van der Waals surface area contributed by atoms with Crippen molar-refractivity contribution in [1.82, 2.24) is 14.9 Å². The summed E-state index contributed by atoms with van der Waals surface area (Å²) in [6.07, 6.45) is 1.78. The minimum absolute atomic E-state index is 0.215. The minimum Gasteiger partial charge on any atom is -0.461 e. The maximum absolute atomic E-state index is 12.4. The molecule has 0 radical (unpaired) electrons. The van der Waals surface area contributed by atoms with Gasteiger partial charge in [0.05, 0.1) is 19.8 Å². The zero-order chi connectivity index (χ0) is 21.0. The lowest BCUT2D eigenvalue weighted by atomic mass is 10.2. The van der Waals surface area contributed by atoms with Crippen molar-refractivity contribution in [3.63, 3.8) is 0 Å². The summed E-state index contributed by atoms with van der Waals surface area (Å²) in [5.41, 5.74) is 1.57. The summed E-state index contributed by atoms with van der Waals surface area (Å²) in [6.45, 7) is 7.29. The number of hydrogen-bond acceptors (Lipinski definition) is 7. The van der Waals surface area contributed by atoms with Gasteiger partial charge in [0.25, 0.3) is 0 Å². The Hall–Kier alpha value is -2.95. The van der Waals surface area contributed by atoms with Gasteiger partial charge in [-0.25, -0.2) is 14.8 Å². The zero-order valence-corrected chi connectivity index (χ0v) is 17.4. The van der Waals surface area contributed by atoms with Crippen LogP contribution in [-0.2, 0) is 9.47 Å². The van der Waals surface area contributed by atoms with Gasteiger partial charge in [0.2, 0.25) is 5.95 Å². The molecule has 1 aromatic heterocycles. The second kappa shape index (κ2) is 11.9. The minimum atomic E-state index is -0.454. The molecule has 1 aliphatic heterocycles. The summed E-state index contributed by atoms with van der Waals surface area (Å²) in [7, 11) is 0. The maximum atomic E-state index is 12.4. The van der Waals surface area contributed by atoms with Crippen molar-refractivity contribution in [2.24, 2.45) is 0 Å². The molecular formula is C23H28N4O3. The van der Waals surface area contributed by atoms with Crippen LogP contribution in [0.2, 0.25) is 0 Å². The zero-order valence-electron chi connectivity index (χ0n) is 17.4. The standard InChI is InChI=1S/C23H28N4O3/c1-2-3-15-30-22(28)21-18-20(10-9-19-7-5-4-6-8-19)25-23(26-21)24-11-12-27-13-16-29-17-14-27/h4-8,18H,2-3,11-17H2,1H3,(H,24,25,26). The normalized spacial score (nSPS) is 13.9. The lowest BCUT2D eigenvalue weighted by Gasteiger charge is -2.26. The summed E-state index contributed by atoms with van der Waals surface area (Å²) in [4.78, 5) is 23.5. The van der Waals surface area contributed by atoms with Crippen LogP contribution in [0.25, 0.3) is 0 Å². The van der Waals surface area contributed by atoms with E-state index in [0.717, 1.165) is 51.3 Å². The number of aromatic nitrogens is 2. The molecule has 0 spiro atoms. The highest BCUT2D eigenvalue weighted by molar-refractivity contribution is 5.87. The quantitative estimate of drug-likeness (QED) is 0.409. The third kappa shape index (κ3) is 7.14. The molecule has 3 rings (SSSR count). The van der Waals surface area contributed by atoms with Crippen LogP contribution in [0.3, 0.4) is 0 Å². The van der Waals surface area contributed by atoms with Crippen molar-refractivity contribution in [3.8, 4) is 11.8 Å². The van der Waals surface area contributed by atoms with E-state index in [0.29, 0.717) is 24.8 Å². The van der Waals surface area contributed by atoms with E-state index in [1.165, 1.54) is 0 Å². The van der Waals surface area contributed by atoms with Gasteiger partial charge in [-0.2, -0.15) is 0 Å². The van der Waals surface area contributed by atoms with Crippen LogP contribution in [0, 0.1) is 11.8 Å². The Balaban J connectivity index is 1.71. The predicted octanol–water partition coefficient (Wildman–Crippen LogP) is 2.58. The molecule has 158 valence electrons. The largest absolute Gasteiger partial charge is 0.461 e. The van der Waals surface area contributed by atoms with Gasteiger partial charge in [0, 0.05) is 37.8 Å². The van der Waals surface area contributed by atoms with E-state index in [4.69, 9.17) is 9.47 Å². The Bertz CT molecular complexity index is 871. The second-order valence-corrected chi connectivity index (χ2v) is 6.95. The van der Waals surface area contributed by atoms with Crippen LogP contribution in [0.1, 0.15) is 41.5 Å². The van der Waals surface area contributed by atoms with Crippen molar-refractivity contribution in [2.75, 3.05) is 51.3 Å². The fraction of sp³-hybridized carbons (Fsp3) is 0.435. The third-order valence-electron chi connectivity index (χ3n) is 4.59. The lowest BCUT2D eigenvalue weighted by molar-refractivity contribution is 0.0398. The summed E-state index contributed by atoms with van der Waals surface area (Å²) in [5.74, 6) is 6.03. The van der Waals surface area contributed by atoms with Crippen LogP contribution in [0.5, 0.6) is 0 Å². The average molecular weight is 409 g/mol. The van der Waals surface area contributed by atoms with E-state index >= 15 is 0 Å². The molecule has 1 aromatic carbocycles. The molecule has 0 amide bonds. The Morgan fingerprint density at radius 3 is 2.77 bits per heavy atom. The van der Waals surface area contributed by atoms with E-state index in [1.807, 2.05) is 37.3 Å². The van der Waals surface area contributed by atoms with Crippen LogP contribution in [0.15, 0.2) is 36.4 Å². The summed E-state index contributed by atoms with van der Waals surface area (Å²) in [6, 6.07) is 11.2. The number of nitrogens with zero attached hydrogens (tertiary/aromatic N) is 3. The van der Waals surface area contributed by atoms with Gasteiger partial charge >= 0.3 is 5.97 Å². The van der Waals surface area contributed by atoms with Gasteiger partial charge in [-0.1, -0.05) is 37.5 Å². The number of unbranched alkanes of at least 4 members (excludes halogenated alkanes) is 1. The molecule has 0 atom stereocenters. The predicted molar refractivity (Wildman–Crippen MR) is 115 cm³/mol. The van der Waals surface area contributed by atoms with E-state index in [9.17, 15) is 4.79 Å². The van der Waals surface area contributed by atoms with Gasteiger partial charge < -0.3 is 14.8 Å². The van der Waals surface area contributed by atoms with E-state index in [2.05, 4.69) is 32.0 Å². The molecule has 7 nitrogen and oxygen atoms in total. The number of esters is 1. The molecule has 30 heavy (non-hydrogen) atoms. The molecule has 0 unspecified atom stereocenters. The fourth-order valence-electron chi connectivity index (χ4n) is 2.89. The second-order valence-electron chi connectivity index (χ2n) is 6.95. The van der Waals surface area contributed by atoms with Gasteiger partial charge in [-0.05, 0) is 24.5 Å². The molecule has 0 saturated carbocycles. The van der Waals surface area contributed by atoms with Crippen molar-refractivity contribution in [3.05, 3.63) is 53.3 Å². The van der Waals surface area contributed by atoms with Gasteiger partial charge in [-0.3, -0.25) is 4.90 Å². The number of hydrogen-bond donors (Lipinski definition) is 1. The Morgan fingerprint density at radius 1 is 1.20 bits per heavy atom. The highest BCUT2D eigenvalue weighted by Gasteiger charge is 2.14. The number of nitrogens with one attached hydrogen (secondary N) is 1. The first-order chi connectivity index (χ1) is 14.7. The van der Waals surface area contributed by atoms with Crippen molar-refractivity contribution in [1.29, 1.82) is 0 Å². The number of morpholine rings is 1. The number of ether oxygens (including phenoxy) is 2. The van der Waals surface area contributed by atoms with Crippen LogP contribution in [0.4, 0.5) is 5.95 Å². The number of carbonyl (C=O) groups is 1. The molecule has 0 bridgehead atoms. The lowest BCUT2D eigenvalue weighted by Crippen LogP contribution is -2.39. The molecule has 2 heterocycles. The Labute approximate surface area is 177 Å². The number of anilines is 1. The molecule has 1 aliphatic rings. The van der Waals surface area contributed by atoms with Gasteiger partial charge in [0.1, 0.15) is 5.69 Å². The summed E-state index contributed by atoms with van der Waals surface area (Å²) < 4.78 is 10.7. The fourth-order valence-corrected chi connectivity index (χ4v) is 2.89. The maximum Gasteiger partial charge on any atom is 0.357 e. The summed E-state index contributed by atoms with van der Waals surface area (Å²) in [5, 5.41) is 3.21. The first-order valence-corrected chi connectivity index (χ1v) is 10.4. The van der Waals surface area contributed by atoms with Crippen molar-refractivity contribution >= 4 is 11.9 Å². The van der Waals surface area contributed by atoms with Gasteiger partial charge in [-0.15, -0.1) is 0 Å². The van der Waals surface area contributed by atoms with Crippen molar-refractivity contribution in [2.45, 2.75) is 19.8 Å². The monoisotopic (exact) mass is 408 g/mol. The highest BCUT2D eigenvalue weighted by Crippen LogP contribution is 2.08. The number of rotatable bonds is 8. The summed E-state index contributed by atoms with van der Waals surface area (Å²) >= 11 is 0. The molecular weight excluding hydrogens is 380 g/mol. The third-order valence-corrected chi connectivity index (χ3v) is 4.59. The van der Waals surface area contributed by atoms with E-state index in [-0.39, 0.29) is 5.69 Å². The van der Waals surface area contributed by atoms with E-state index in [1.54, 1.807) is 6.07 Å². The molecule has 1 N–H and O–H groups in total. The average Bonchev–Trinajstić information content (AvgIpc) is 2.79. The van der Waals surface area contributed by atoms with Crippen LogP contribution in [-0.4, -0.2) is 66.8 Å². The van der Waals surface area contributed by atoms with Crippen LogP contribution < -0.4 is 5.32 Å². The number of carbonyl (C=O) groups excluding carboxylic acids is 1.